The van der Waals surface area contributed by atoms with E-state index in [9.17, 15) is 0 Å². The maximum Gasteiger partial charge on any atom is 0.251 e. The Bertz CT molecular complexity index is 614. The van der Waals surface area contributed by atoms with Crippen LogP contribution in [0.25, 0.3) is 0 Å². The summed E-state index contributed by atoms with van der Waals surface area (Å²) in [5.74, 6) is 1.50. The minimum Gasteiger partial charge on any atom is -0.369 e. The van der Waals surface area contributed by atoms with Crippen LogP contribution in [-0.4, -0.2) is 28.3 Å². The highest BCUT2D eigenvalue weighted by atomic mass is 15.3. The number of hydrogen-bond acceptors (Lipinski definition) is 5. The van der Waals surface area contributed by atoms with Crippen molar-refractivity contribution >= 4 is 17.5 Å². The van der Waals surface area contributed by atoms with Crippen LogP contribution in [0.1, 0.15) is 38.2 Å². The molecule has 0 spiro atoms. The maximum atomic E-state index is 4.63. The highest BCUT2D eigenvalue weighted by Gasteiger charge is 2.20. The second-order valence-corrected chi connectivity index (χ2v) is 5.66. The van der Waals surface area contributed by atoms with Gasteiger partial charge in [-0.05, 0) is 30.9 Å². The number of nitrogens with one attached hydrogen (secondary N) is 1. The van der Waals surface area contributed by atoms with Crippen LogP contribution in [0.5, 0.6) is 0 Å². The van der Waals surface area contributed by atoms with E-state index in [1.807, 2.05) is 0 Å². The second kappa shape index (κ2) is 7.20. The normalized spacial score (nSPS) is 13.8. The smallest absolute Gasteiger partial charge is 0.251 e. The number of para-hydroxylation sites is 1. The minimum absolute atomic E-state index is 0.688. The van der Waals surface area contributed by atoms with Gasteiger partial charge in [0, 0.05) is 18.8 Å². The Morgan fingerprint density at radius 3 is 3.05 bits per heavy atom. The van der Waals surface area contributed by atoms with Crippen molar-refractivity contribution in [1.29, 1.82) is 0 Å². The number of fused-ring (bicyclic) bond motifs is 1. The zero-order chi connectivity index (χ0) is 15.2. The van der Waals surface area contributed by atoms with Crippen LogP contribution < -0.4 is 10.2 Å². The number of nitrogens with zero attached hydrogens (tertiary/aromatic N) is 4. The van der Waals surface area contributed by atoms with Gasteiger partial charge in [0.05, 0.1) is 6.20 Å². The van der Waals surface area contributed by atoms with Crippen molar-refractivity contribution in [3.63, 3.8) is 0 Å². The van der Waals surface area contributed by atoms with Gasteiger partial charge in [-0.25, -0.2) is 0 Å². The fourth-order valence-electron chi connectivity index (χ4n) is 2.83. The molecule has 0 saturated heterocycles. The number of anilines is 3. The third-order valence-corrected chi connectivity index (χ3v) is 3.99. The summed E-state index contributed by atoms with van der Waals surface area (Å²) in [5, 5.41) is 11.7. The van der Waals surface area contributed by atoms with E-state index in [0.29, 0.717) is 5.95 Å². The lowest BCUT2D eigenvalue weighted by atomic mass is 10.0. The number of aryl methyl sites for hydroxylation is 1. The van der Waals surface area contributed by atoms with E-state index >= 15 is 0 Å². The summed E-state index contributed by atoms with van der Waals surface area (Å²) in [6.07, 6.45) is 7.55. The number of rotatable bonds is 6. The van der Waals surface area contributed by atoms with Crippen LogP contribution in [0.2, 0.25) is 0 Å². The SMILES string of the molecule is CCCCCNc1cnnc(N2CCCc3ccccc32)n1. The van der Waals surface area contributed by atoms with Gasteiger partial charge in [0.2, 0.25) is 0 Å². The molecule has 0 fully saturated rings. The minimum atomic E-state index is 0.688. The van der Waals surface area contributed by atoms with Crippen LogP contribution in [0, 0.1) is 0 Å². The molecule has 0 amide bonds. The van der Waals surface area contributed by atoms with Gasteiger partial charge in [-0.2, -0.15) is 10.1 Å². The van der Waals surface area contributed by atoms with Gasteiger partial charge in [-0.1, -0.05) is 38.0 Å². The average molecular weight is 297 g/mol. The van der Waals surface area contributed by atoms with E-state index in [1.54, 1.807) is 6.20 Å². The largest absolute Gasteiger partial charge is 0.369 e. The van der Waals surface area contributed by atoms with Crippen molar-refractivity contribution in [3.8, 4) is 0 Å². The van der Waals surface area contributed by atoms with Crippen molar-refractivity contribution in [2.75, 3.05) is 23.3 Å². The molecule has 0 atom stereocenters. The zero-order valence-electron chi connectivity index (χ0n) is 13.1. The highest BCUT2D eigenvalue weighted by molar-refractivity contribution is 5.63. The molecule has 0 bridgehead atoms. The summed E-state index contributed by atoms with van der Waals surface area (Å²) in [4.78, 5) is 6.80. The van der Waals surface area contributed by atoms with Crippen LogP contribution in [-0.2, 0) is 6.42 Å². The lowest BCUT2D eigenvalue weighted by Gasteiger charge is -2.29. The quantitative estimate of drug-likeness (QED) is 0.826. The number of hydrogen-bond donors (Lipinski definition) is 1. The first-order chi connectivity index (χ1) is 10.9. The summed E-state index contributed by atoms with van der Waals surface area (Å²) in [5.41, 5.74) is 2.57. The Kier molecular flexibility index (Phi) is 4.83. The standard InChI is InChI=1S/C17H23N5/c1-2-3-6-11-18-16-13-19-21-17(20-16)22-12-7-9-14-8-4-5-10-15(14)22/h4-5,8,10,13H,2-3,6-7,9,11-12H2,1H3,(H,18,20,21). The average Bonchev–Trinajstić information content (AvgIpc) is 2.58. The molecule has 0 saturated carbocycles. The number of unbranched alkanes of at least 4 members (excludes halogenated alkanes) is 2. The Balaban J connectivity index is 1.75. The van der Waals surface area contributed by atoms with Gasteiger partial charge in [-0.3, -0.25) is 0 Å². The van der Waals surface area contributed by atoms with Gasteiger partial charge in [-0.15, -0.1) is 5.10 Å². The topological polar surface area (TPSA) is 53.9 Å². The molecule has 2 heterocycles. The molecule has 1 aliphatic rings. The molecule has 1 aliphatic heterocycles. The predicted octanol–water partition coefficient (Wildman–Crippen LogP) is 3.56. The van der Waals surface area contributed by atoms with Crippen LogP contribution in [0.15, 0.2) is 30.5 Å². The summed E-state index contributed by atoms with van der Waals surface area (Å²) in [6, 6.07) is 8.48. The first kappa shape index (κ1) is 14.8. The van der Waals surface area contributed by atoms with E-state index < -0.39 is 0 Å². The molecule has 22 heavy (non-hydrogen) atoms. The Morgan fingerprint density at radius 2 is 2.14 bits per heavy atom. The summed E-state index contributed by atoms with van der Waals surface area (Å²) in [7, 11) is 0. The molecule has 0 aliphatic carbocycles. The molecular formula is C17H23N5. The Hall–Kier alpha value is -2.17. The Labute approximate surface area is 131 Å². The number of benzene rings is 1. The van der Waals surface area contributed by atoms with Crippen molar-refractivity contribution in [2.45, 2.75) is 39.0 Å². The van der Waals surface area contributed by atoms with Crippen LogP contribution in [0.3, 0.4) is 0 Å². The summed E-state index contributed by atoms with van der Waals surface area (Å²) >= 11 is 0. The first-order valence-electron chi connectivity index (χ1n) is 8.17. The predicted molar refractivity (Wildman–Crippen MR) is 89.6 cm³/mol. The molecule has 116 valence electrons. The molecule has 1 aromatic carbocycles. The van der Waals surface area contributed by atoms with Gasteiger partial charge in [0.1, 0.15) is 0 Å². The first-order valence-corrected chi connectivity index (χ1v) is 8.17. The Morgan fingerprint density at radius 1 is 1.23 bits per heavy atom. The van der Waals surface area contributed by atoms with Gasteiger partial charge in [0.15, 0.2) is 5.82 Å². The van der Waals surface area contributed by atoms with E-state index in [4.69, 9.17) is 0 Å². The molecule has 1 N–H and O–H groups in total. The van der Waals surface area contributed by atoms with Crippen molar-refractivity contribution in [2.24, 2.45) is 0 Å². The molecule has 2 aromatic rings. The molecule has 0 unspecified atom stereocenters. The van der Waals surface area contributed by atoms with E-state index in [2.05, 4.69) is 56.6 Å². The third kappa shape index (κ3) is 3.35. The lowest BCUT2D eigenvalue weighted by Crippen LogP contribution is -2.26. The fourth-order valence-corrected chi connectivity index (χ4v) is 2.83. The fraction of sp³-hybridized carbons (Fsp3) is 0.471. The van der Waals surface area contributed by atoms with Crippen LogP contribution >= 0.6 is 0 Å². The second-order valence-electron chi connectivity index (χ2n) is 5.66. The number of aromatic nitrogens is 3. The van der Waals surface area contributed by atoms with E-state index in [0.717, 1.165) is 38.2 Å². The van der Waals surface area contributed by atoms with Crippen molar-refractivity contribution in [1.82, 2.24) is 15.2 Å². The molecule has 5 heteroatoms. The molecule has 1 aromatic heterocycles. The third-order valence-electron chi connectivity index (χ3n) is 3.99. The highest BCUT2D eigenvalue weighted by Crippen LogP contribution is 2.31. The molecule has 0 radical (unpaired) electrons. The summed E-state index contributed by atoms with van der Waals surface area (Å²) < 4.78 is 0. The maximum absolute atomic E-state index is 4.63. The van der Waals surface area contributed by atoms with E-state index in [-0.39, 0.29) is 0 Å². The van der Waals surface area contributed by atoms with Crippen molar-refractivity contribution < 1.29 is 0 Å². The van der Waals surface area contributed by atoms with E-state index in [1.165, 1.54) is 24.1 Å². The lowest BCUT2D eigenvalue weighted by molar-refractivity contribution is 0.732. The summed E-state index contributed by atoms with van der Waals surface area (Å²) in [6.45, 7) is 4.08. The monoisotopic (exact) mass is 297 g/mol. The van der Waals surface area contributed by atoms with Gasteiger partial charge >= 0.3 is 0 Å². The molecular weight excluding hydrogens is 274 g/mol. The molecule has 5 nitrogen and oxygen atoms in total. The van der Waals surface area contributed by atoms with Gasteiger partial charge < -0.3 is 10.2 Å². The van der Waals surface area contributed by atoms with Crippen molar-refractivity contribution in [3.05, 3.63) is 36.0 Å². The van der Waals surface area contributed by atoms with Gasteiger partial charge in [0.25, 0.3) is 5.95 Å². The van der Waals surface area contributed by atoms with Crippen LogP contribution in [0.4, 0.5) is 17.5 Å². The zero-order valence-corrected chi connectivity index (χ0v) is 13.1. The molecule has 3 rings (SSSR count).